The van der Waals surface area contributed by atoms with Gasteiger partial charge in [0, 0.05) is 32.2 Å². The Labute approximate surface area is 150 Å². The van der Waals surface area contributed by atoms with Crippen LogP contribution in [-0.2, 0) is 6.42 Å². The largest absolute Gasteiger partial charge is 0.348 e. The Bertz CT molecular complexity index is 888. The first-order chi connectivity index (χ1) is 12.2. The van der Waals surface area contributed by atoms with Crippen molar-refractivity contribution in [2.75, 3.05) is 38.6 Å². The van der Waals surface area contributed by atoms with Crippen LogP contribution in [-0.4, -0.2) is 48.0 Å². The molecular formula is C21H28N4. The molecule has 0 bridgehead atoms. The van der Waals surface area contributed by atoms with E-state index < -0.39 is 0 Å². The highest BCUT2D eigenvalue weighted by Gasteiger charge is 2.18. The predicted molar refractivity (Wildman–Crippen MR) is 106 cm³/mol. The summed E-state index contributed by atoms with van der Waals surface area (Å²) in [5.74, 6) is 1.00. The molecule has 0 aliphatic carbocycles. The standard InChI is InChI=1S/C21H28N4/c1-16-15-22-21(23(2)3)25-19-10-6-5-9-17(19)18(20(16)25)11-14-24-12-7-4-8-13-24/h5-6,9-10,15H,4,7-8,11-14H2,1-3H3. The van der Waals surface area contributed by atoms with E-state index in [1.807, 2.05) is 6.20 Å². The molecule has 0 amide bonds. The van der Waals surface area contributed by atoms with Crippen LogP contribution in [0.15, 0.2) is 30.5 Å². The zero-order chi connectivity index (χ0) is 17.4. The first kappa shape index (κ1) is 16.4. The van der Waals surface area contributed by atoms with Gasteiger partial charge < -0.3 is 9.80 Å². The van der Waals surface area contributed by atoms with Gasteiger partial charge in [-0.3, -0.25) is 4.40 Å². The lowest BCUT2D eigenvalue weighted by atomic mass is 10.1. The van der Waals surface area contributed by atoms with E-state index in [1.54, 1.807) is 0 Å². The molecule has 1 aliphatic rings. The number of benzene rings is 1. The number of anilines is 1. The molecule has 4 heteroatoms. The minimum atomic E-state index is 1.00. The highest BCUT2D eigenvalue weighted by atomic mass is 15.2. The van der Waals surface area contributed by atoms with E-state index in [9.17, 15) is 0 Å². The van der Waals surface area contributed by atoms with Gasteiger partial charge in [0.1, 0.15) is 0 Å². The van der Waals surface area contributed by atoms with Crippen molar-refractivity contribution >= 4 is 22.4 Å². The molecule has 3 aromatic rings. The second-order valence-electron chi connectivity index (χ2n) is 7.47. The summed E-state index contributed by atoms with van der Waals surface area (Å²) >= 11 is 0. The number of fused-ring (bicyclic) bond motifs is 3. The van der Waals surface area contributed by atoms with Crippen molar-refractivity contribution in [1.82, 2.24) is 14.3 Å². The lowest BCUT2D eigenvalue weighted by Gasteiger charge is -2.26. The lowest BCUT2D eigenvalue weighted by molar-refractivity contribution is 0.232. The summed E-state index contributed by atoms with van der Waals surface area (Å²) in [7, 11) is 4.14. The molecule has 0 unspecified atom stereocenters. The first-order valence-corrected chi connectivity index (χ1v) is 9.44. The van der Waals surface area contributed by atoms with Gasteiger partial charge in [0.05, 0.1) is 11.0 Å². The van der Waals surface area contributed by atoms with Crippen molar-refractivity contribution in [3.8, 4) is 0 Å². The zero-order valence-electron chi connectivity index (χ0n) is 15.6. The summed E-state index contributed by atoms with van der Waals surface area (Å²) in [6.45, 7) is 5.86. The molecule has 3 heterocycles. The number of rotatable bonds is 4. The highest BCUT2D eigenvalue weighted by Crippen LogP contribution is 2.32. The van der Waals surface area contributed by atoms with Crippen LogP contribution in [0.1, 0.15) is 30.4 Å². The van der Waals surface area contributed by atoms with Crippen LogP contribution in [0.3, 0.4) is 0 Å². The van der Waals surface area contributed by atoms with Crippen molar-refractivity contribution in [1.29, 1.82) is 0 Å². The molecule has 4 rings (SSSR count). The molecule has 1 saturated heterocycles. The molecule has 2 aromatic heterocycles. The summed E-state index contributed by atoms with van der Waals surface area (Å²) in [5.41, 5.74) is 5.35. The lowest BCUT2D eigenvalue weighted by Crippen LogP contribution is -2.31. The maximum Gasteiger partial charge on any atom is 0.210 e. The third kappa shape index (κ3) is 2.89. The van der Waals surface area contributed by atoms with Crippen LogP contribution in [0.2, 0.25) is 0 Å². The van der Waals surface area contributed by atoms with E-state index in [0.29, 0.717) is 0 Å². The van der Waals surface area contributed by atoms with Crippen LogP contribution >= 0.6 is 0 Å². The predicted octanol–water partition coefficient (Wildman–Crippen LogP) is 3.89. The molecule has 4 nitrogen and oxygen atoms in total. The van der Waals surface area contributed by atoms with E-state index in [-0.39, 0.29) is 0 Å². The van der Waals surface area contributed by atoms with Crippen LogP contribution in [0.25, 0.3) is 16.4 Å². The number of nitrogens with zero attached hydrogens (tertiary/aromatic N) is 4. The van der Waals surface area contributed by atoms with E-state index in [2.05, 4.69) is 59.5 Å². The monoisotopic (exact) mass is 336 g/mol. The molecular weight excluding hydrogens is 308 g/mol. The Balaban J connectivity index is 1.85. The number of aryl methyl sites for hydroxylation is 1. The first-order valence-electron chi connectivity index (χ1n) is 9.44. The van der Waals surface area contributed by atoms with Crippen molar-refractivity contribution in [3.05, 3.63) is 41.6 Å². The van der Waals surface area contributed by atoms with E-state index in [1.165, 1.54) is 59.9 Å². The van der Waals surface area contributed by atoms with Crippen molar-refractivity contribution in [2.45, 2.75) is 32.6 Å². The Morgan fingerprint density at radius 3 is 2.60 bits per heavy atom. The quantitative estimate of drug-likeness (QED) is 0.722. The van der Waals surface area contributed by atoms with Crippen molar-refractivity contribution in [2.24, 2.45) is 0 Å². The van der Waals surface area contributed by atoms with Crippen LogP contribution in [0.5, 0.6) is 0 Å². The SMILES string of the molecule is Cc1cnc(N(C)C)n2c1c(CCN1CCCCC1)c1ccccc12. The van der Waals surface area contributed by atoms with Gasteiger partial charge in [-0.05, 0) is 56.5 Å². The molecule has 1 aromatic carbocycles. The highest BCUT2D eigenvalue weighted by molar-refractivity contribution is 5.94. The summed E-state index contributed by atoms with van der Waals surface area (Å²) in [5, 5.41) is 1.37. The minimum Gasteiger partial charge on any atom is -0.348 e. The molecule has 0 spiro atoms. The van der Waals surface area contributed by atoms with Gasteiger partial charge in [0.25, 0.3) is 0 Å². The van der Waals surface area contributed by atoms with E-state index in [4.69, 9.17) is 4.98 Å². The Hall–Kier alpha value is -2.07. The molecule has 1 fully saturated rings. The van der Waals surface area contributed by atoms with Crippen molar-refractivity contribution < 1.29 is 0 Å². The Morgan fingerprint density at radius 2 is 1.84 bits per heavy atom. The van der Waals surface area contributed by atoms with Crippen LogP contribution in [0, 0.1) is 6.92 Å². The maximum absolute atomic E-state index is 4.70. The zero-order valence-corrected chi connectivity index (χ0v) is 15.6. The van der Waals surface area contributed by atoms with Gasteiger partial charge >= 0.3 is 0 Å². The van der Waals surface area contributed by atoms with Gasteiger partial charge in [-0.2, -0.15) is 0 Å². The number of aromatic nitrogens is 2. The average Bonchev–Trinajstić information content (AvgIpc) is 2.96. The fourth-order valence-corrected chi connectivity index (χ4v) is 4.22. The fourth-order valence-electron chi connectivity index (χ4n) is 4.22. The van der Waals surface area contributed by atoms with Crippen molar-refractivity contribution in [3.63, 3.8) is 0 Å². The summed E-state index contributed by atoms with van der Waals surface area (Å²) in [6.07, 6.45) is 7.23. The number of likely N-dealkylation sites (tertiary alicyclic amines) is 1. The van der Waals surface area contributed by atoms with E-state index >= 15 is 0 Å². The molecule has 0 radical (unpaired) electrons. The normalized spacial score (nSPS) is 16.0. The fraction of sp³-hybridized carbons (Fsp3) is 0.476. The third-order valence-corrected chi connectivity index (χ3v) is 5.45. The summed E-state index contributed by atoms with van der Waals surface area (Å²) in [6, 6.07) is 8.78. The molecule has 1 aliphatic heterocycles. The maximum atomic E-state index is 4.70. The van der Waals surface area contributed by atoms with Crippen LogP contribution < -0.4 is 4.90 Å². The number of para-hydroxylation sites is 1. The Morgan fingerprint density at radius 1 is 1.08 bits per heavy atom. The second kappa shape index (κ2) is 6.68. The second-order valence-corrected chi connectivity index (χ2v) is 7.47. The number of hydrogen-bond acceptors (Lipinski definition) is 3. The summed E-state index contributed by atoms with van der Waals surface area (Å²) < 4.78 is 2.34. The third-order valence-electron chi connectivity index (χ3n) is 5.45. The molecule has 25 heavy (non-hydrogen) atoms. The minimum absolute atomic E-state index is 1.00. The Kier molecular flexibility index (Phi) is 4.38. The van der Waals surface area contributed by atoms with E-state index in [0.717, 1.165) is 18.9 Å². The summed E-state index contributed by atoms with van der Waals surface area (Å²) in [4.78, 5) is 9.43. The molecule has 0 N–H and O–H groups in total. The average molecular weight is 336 g/mol. The smallest absolute Gasteiger partial charge is 0.210 e. The van der Waals surface area contributed by atoms with Crippen LogP contribution in [0.4, 0.5) is 5.95 Å². The van der Waals surface area contributed by atoms with Gasteiger partial charge in [0.2, 0.25) is 5.95 Å². The van der Waals surface area contributed by atoms with Gasteiger partial charge in [-0.15, -0.1) is 0 Å². The van der Waals surface area contributed by atoms with Gasteiger partial charge in [-0.25, -0.2) is 4.98 Å². The number of hydrogen-bond donors (Lipinski definition) is 0. The molecule has 0 saturated carbocycles. The van der Waals surface area contributed by atoms with Gasteiger partial charge in [-0.1, -0.05) is 24.6 Å². The number of piperidine rings is 1. The molecule has 0 atom stereocenters. The molecule has 132 valence electrons. The van der Waals surface area contributed by atoms with Gasteiger partial charge in [0.15, 0.2) is 0 Å². The topological polar surface area (TPSA) is 23.8 Å².